The number of nitrogens with one attached hydrogen (secondary N) is 1. The van der Waals surface area contributed by atoms with E-state index < -0.39 is 15.8 Å². The summed E-state index contributed by atoms with van der Waals surface area (Å²) < 4.78 is 39.1. The van der Waals surface area contributed by atoms with Gasteiger partial charge in [-0.15, -0.1) is 0 Å². The predicted octanol–water partition coefficient (Wildman–Crippen LogP) is 1.49. The number of hydrogen-bond acceptors (Lipinski definition) is 3. The van der Waals surface area contributed by atoms with E-state index in [9.17, 15) is 12.8 Å². The molecule has 17 heavy (non-hydrogen) atoms. The van der Waals surface area contributed by atoms with Gasteiger partial charge in [0.1, 0.15) is 5.82 Å². The zero-order valence-corrected chi connectivity index (χ0v) is 10.9. The van der Waals surface area contributed by atoms with E-state index in [1.54, 1.807) is 0 Å². The number of nitrogens with two attached hydrogens (primary N) is 1. The second-order valence-electron chi connectivity index (χ2n) is 3.54. The van der Waals surface area contributed by atoms with Crippen molar-refractivity contribution in [3.8, 4) is 0 Å². The molecule has 4 nitrogen and oxygen atoms in total. The summed E-state index contributed by atoms with van der Waals surface area (Å²) in [6.45, 7) is 2.02. The summed E-state index contributed by atoms with van der Waals surface area (Å²) in [7, 11) is -3.70. The highest BCUT2D eigenvalue weighted by Crippen LogP contribution is 2.19. The van der Waals surface area contributed by atoms with Gasteiger partial charge in [0.15, 0.2) is 0 Å². The van der Waals surface area contributed by atoms with Gasteiger partial charge in [0, 0.05) is 12.6 Å². The van der Waals surface area contributed by atoms with Crippen molar-refractivity contribution in [2.24, 2.45) is 5.73 Å². The van der Waals surface area contributed by atoms with Crippen LogP contribution in [0.4, 0.5) is 4.39 Å². The van der Waals surface area contributed by atoms with Crippen molar-refractivity contribution in [3.63, 3.8) is 0 Å². The number of benzene rings is 1. The number of rotatable bonds is 5. The molecule has 0 bridgehead atoms. The van der Waals surface area contributed by atoms with E-state index in [1.165, 1.54) is 0 Å². The highest BCUT2D eigenvalue weighted by Gasteiger charge is 2.19. The quantitative estimate of drug-likeness (QED) is 0.858. The Morgan fingerprint density at radius 3 is 2.65 bits per heavy atom. The molecule has 0 aromatic heterocycles. The van der Waals surface area contributed by atoms with Crippen LogP contribution in [-0.2, 0) is 10.0 Å². The first kappa shape index (κ1) is 14.4. The molecule has 7 heteroatoms. The fourth-order valence-electron chi connectivity index (χ4n) is 1.23. The Bertz CT molecular complexity index is 489. The maximum atomic E-state index is 12.9. The molecule has 0 amide bonds. The molecule has 1 unspecified atom stereocenters. The van der Waals surface area contributed by atoms with Gasteiger partial charge >= 0.3 is 0 Å². The topological polar surface area (TPSA) is 72.2 Å². The molecule has 3 N–H and O–H groups in total. The largest absolute Gasteiger partial charge is 0.329 e. The lowest BCUT2D eigenvalue weighted by Crippen LogP contribution is -2.39. The normalized spacial score (nSPS) is 13.6. The van der Waals surface area contributed by atoms with E-state index in [4.69, 9.17) is 17.3 Å². The molecule has 1 aromatic rings. The minimum absolute atomic E-state index is 0.0733. The van der Waals surface area contributed by atoms with E-state index in [0.717, 1.165) is 18.2 Å². The van der Waals surface area contributed by atoms with Gasteiger partial charge in [-0.25, -0.2) is 17.5 Å². The third kappa shape index (κ3) is 3.64. The second-order valence-corrected chi connectivity index (χ2v) is 5.66. The first-order valence-electron chi connectivity index (χ1n) is 5.08. The van der Waals surface area contributed by atoms with Crippen LogP contribution in [0, 0.1) is 5.82 Å². The standard InChI is InChI=1S/C10H14ClFN2O2S/c1-2-7(6-13)14-17(15,16)8-3-4-10(12)9(11)5-8/h3-5,7,14H,2,6,13H2,1H3. The second kappa shape index (κ2) is 5.77. The van der Waals surface area contributed by atoms with E-state index in [0.29, 0.717) is 6.42 Å². The molecule has 1 atom stereocenters. The highest BCUT2D eigenvalue weighted by atomic mass is 35.5. The smallest absolute Gasteiger partial charge is 0.240 e. The van der Waals surface area contributed by atoms with Gasteiger partial charge in [-0.3, -0.25) is 0 Å². The Labute approximate surface area is 105 Å². The lowest BCUT2D eigenvalue weighted by atomic mass is 10.2. The molecule has 0 aliphatic carbocycles. The van der Waals surface area contributed by atoms with Gasteiger partial charge < -0.3 is 5.73 Å². The van der Waals surface area contributed by atoms with Gasteiger partial charge in [-0.2, -0.15) is 0 Å². The monoisotopic (exact) mass is 280 g/mol. The fraction of sp³-hybridized carbons (Fsp3) is 0.400. The lowest BCUT2D eigenvalue weighted by molar-refractivity contribution is 0.542. The third-order valence-electron chi connectivity index (χ3n) is 2.30. The average Bonchev–Trinajstić information content (AvgIpc) is 2.29. The van der Waals surface area contributed by atoms with Gasteiger partial charge in [0.2, 0.25) is 10.0 Å². The molecule has 0 aliphatic heterocycles. The van der Waals surface area contributed by atoms with Crippen molar-refractivity contribution in [1.82, 2.24) is 4.72 Å². The summed E-state index contributed by atoms with van der Waals surface area (Å²) in [6, 6.07) is 2.90. The van der Waals surface area contributed by atoms with Crippen LogP contribution < -0.4 is 10.5 Å². The molecule has 1 aromatic carbocycles. The van der Waals surface area contributed by atoms with Crippen molar-refractivity contribution in [2.75, 3.05) is 6.54 Å². The molecule has 1 rings (SSSR count). The first-order chi connectivity index (χ1) is 7.90. The summed E-state index contributed by atoms with van der Waals surface area (Å²) in [4.78, 5) is -0.0733. The number of halogens is 2. The molecular weight excluding hydrogens is 267 g/mol. The van der Waals surface area contributed by atoms with Crippen molar-refractivity contribution in [2.45, 2.75) is 24.3 Å². The summed E-state index contributed by atoms with van der Waals surface area (Å²) in [5.74, 6) is -0.656. The predicted molar refractivity (Wildman–Crippen MR) is 64.9 cm³/mol. The zero-order valence-electron chi connectivity index (χ0n) is 9.28. The van der Waals surface area contributed by atoms with Crippen LogP contribution in [0.3, 0.4) is 0 Å². The molecule has 0 radical (unpaired) electrons. The van der Waals surface area contributed by atoms with Crippen molar-refractivity contribution >= 4 is 21.6 Å². The zero-order chi connectivity index (χ0) is 13.1. The van der Waals surface area contributed by atoms with E-state index in [2.05, 4.69) is 4.72 Å². The Morgan fingerprint density at radius 1 is 1.53 bits per heavy atom. The molecule has 0 spiro atoms. The Hall–Kier alpha value is -0.690. The molecule has 0 aliphatic rings. The van der Waals surface area contributed by atoms with Crippen molar-refractivity contribution < 1.29 is 12.8 Å². The van der Waals surface area contributed by atoms with E-state index in [1.807, 2.05) is 6.92 Å². The van der Waals surface area contributed by atoms with Crippen LogP contribution in [0.15, 0.2) is 23.1 Å². The Balaban J connectivity index is 3.01. The lowest BCUT2D eigenvalue weighted by Gasteiger charge is -2.14. The van der Waals surface area contributed by atoms with Crippen molar-refractivity contribution in [1.29, 1.82) is 0 Å². The minimum atomic E-state index is -3.70. The van der Waals surface area contributed by atoms with Crippen LogP contribution >= 0.6 is 11.6 Å². The minimum Gasteiger partial charge on any atom is -0.329 e. The van der Waals surface area contributed by atoms with Crippen LogP contribution in [0.25, 0.3) is 0 Å². The summed E-state index contributed by atoms with van der Waals surface area (Å²) in [5, 5.41) is -0.228. The van der Waals surface area contributed by atoms with Crippen LogP contribution in [0.5, 0.6) is 0 Å². The van der Waals surface area contributed by atoms with Crippen molar-refractivity contribution in [3.05, 3.63) is 29.0 Å². The first-order valence-corrected chi connectivity index (χ1v) is 6.94. The Morgan fingerprint density at radius 2 is 2.18 bits per heavy atom. The molecule has 0 saturated heterocycles. The van der Waals surface area contributed by atoms with Crippen LogP contribution in [0.1, 0.15) is 13.3 Å². The fourth-order valence-corrected chi connectivity index (χ4v) is 2.83. The summed E-state index contributed by atoms with van der Waals surface area (Å²) in [6.07, 6.45) is 0.574. The van der Waals surface area contributed by atoms with Crippen LogP contribution in [-0.4, -0.2) is 21.0 Å². The van der Waals surface area contributed by atoms with Gasteiger partial charge in [-0.05, 0) is 24.6 Å². The molecular formula is C10H14ClFN2O2S. The molecule has 0 fully saturated rings. The summed E-state index contributed by atoms with van der Waals surface area (Å²) in [5.41, 5.74) is 5.41. The molecule has 0 heterocycles. The van der Waals surface area contributed by atoms with Gasteiger partial charge in [-0.1, -0.05) is 18.5 Å². The summed E-state index contributed by atoms with van der Waals surface area (Å²) >= 11 is 5.53. The molecule has 0 saturated carbocycles. The molecule has 96 valence electrons. The highest BCUT2D eigenvalue weighted by molar-refractivity contribution is 7.89. The van der Waals surface area contributed by atoms with Gasteiger partial charge in [0.05, 0.1) is 9.92 Å². The number of sulfonamides is 1. The SMILES string of the molecule is CCC(CN)NS(=O)(=O)c1ccc(F)c(Cl)c1. The maximum absolute atomic E-state index is 12.9. The average molecular weight is 281 g/mol. The van der Waals surface area contributed by atoms with Gasteiger partial charge in [0.25, 0.3) is 0 Å². The Kier molecular flexibility index (Phi) is 4.88. The maximum Gasteiger partial charge on any atom is 0.240 e. The van der Waals surface area contributed by atoms with E-state index >= 15 is 0 Å². The third-order valence-corrected chi connectivity index (χ3v) is 4.11. The van der Waals surface area contributed by atoms with Crippen LogP contribution in [0.2, 0.25) is 5.02 Å². The number of hydrogen-bond donors (Lipinski definition) is 2. The van der Waals surface area contributed by atoms with E-state index in [-0.39, 0.29) is 22.5 Å².